The Labute approximate surface area is 128 Å². The SMILES string of the molecule is C.COc1cnccn1.O=S1CCCN1c1ccccc1. The Balaban J connectivity index is 0.000000216. The predicted octanol–water partition coefficient (Wildman–Crippen LogP) is 2.68. The van der Waals surface area contributed by atoms with Crippen molar-refractivity contribution < 1.29 is 8.95 Å². The maximum atomic E-state index is 11.4. The fourth-order valence-corrected chi connectivity index (χ4v) is 3.06. The number of benzene rings is 1. The summed E-state index contributed by atoms with van der Waals surface area (Å²) < 4.78 is 18.1. The van der Waals surface area contributed by atoms with Crippen molar-refractivity contribution in [2.75, 3.05) is 23.7 Å². The van der Waals surface area contributed by atoms with Crippen LogP contribution in [0.2, 0.25) is 0 Å². The van der Waals surface area contributed by atoms with Crippen molar-refractivity contribution in [2.45, 2.75) is 13.8 Å². The van der Waals surface area contributed by atoms with E-state index in [2.05, 4.69) is 9.97 Å². The van der Waals surface area contributed by atoms with Crippen LogP contribution in [-0.2, 0) is 11.0 Å². The first kappa shape index (κ1) is 17.1. The van der Waals surface area contributed by atoms with Crippen molar-refractivity contribution in [3.63, 3.8) is 0 Å². The number of aromatic nitrogens is 2. The fourth-order valence-electron chi connectivity index (χ4n) is 1.78. The molecule has 1 aliphatic rings. The molecule has 21 heavy (non-hydrogen) atoms. The van der Waals surface area contributed by atoms with Crippen LogP contribution in [-0.4, -0.2) is 33.6 Å². The molecule has 0 bridgehead atoms. The molecule has 5 nitrogen and oxygen atoms in total. The van der Waals surface area contributed by atoms with Gasteiger partial charge in [0, 0.05) is 30.4 Å². The first-order valence-corrected chi connectivity index (χ1v) is 7.60. The Kier molecular flexibility index (Phi) is 7.39. The summed E-state index contributed by atoms with van der Waals surface area (Å²) in [7, 11) is 0.781. The maximum absolute atomic E-state index is 11.4. The summed E-state index contributed by atoms with van der Waals surface area (Å²) in [5.41, 5.74) is 1.08. The molecule has 0 amide bonds. The van der Waals surface area contributed by atoms with Crippen LogP contribution < -0.4 is 9.04 Å². The minimum atomic E-state index is -0.778. The first-order chi connectivity index (χ1) is 9.81. The Morgan fingerprint density at radius 2 is 2.00 bits per heavy atom. The molecule has 1 aliphatic heterocycles. The molecule has 0 radical (unpaired) electrons. The minimum Gasteiger partial charge on any atom is -0.480 e. The van der Waals surface area contributed by atoms with E-state index in [1.54, 1.807) is 25.7 Å². The molecule has 114 valence electrons. The number of methoxy groups -OCH3 is 1. The average Bonchev–Trinajstić information content (AvgIpc) is 2.96. The van der Waals surface area contributed by atoms with Gasteiger partial charge in [-0.05, 0) is 18.6 Å². The normalized spacial score (nSPS) is 16.4. The largest absolute Gasteiger partial charge is 0.480 e. The third kappa shape index (κ3) is 5.15. The number of para-hydroxylation sites is 1. The fraction of sp³-hybridized carbons (Fsp3) is 0.333. The summed E-state index contributed by atoms with van der Waals surface area (Å²) in [5.74, 6) is 1.36. The van der Waals surface area contributed by atoms with Gasteiger partial charge in [0.1, 0.15) is 11.0 Å². The summed E-state index contributed by atoms with van der Waals surface area (Å²) >= 11 is 0. The molecule has 6 heteroatoms. The van der Waals surface area contributed by atoms with Crippen LogP contribution in [0, 0.1) is 0 Å². The number of hydrogen-bond donors (Lipinski definition) is 0. The highest BCUT2D eigenvalue weighted by atomic mass is 32.2. The smallest absolute Gasteiger partial charge is 0.231 e. The van der Waals surface area contributed by atoms with Crippen LogP contribution in [0.5, 0.6) is 5.88 Å². The van der Waals surface area contributed by atoms with E-state index in [1.807, 2.05) is 34.6 Å². The molecule has 0 saturated carbocycles. The summed E-state index contributed by atoms with van der Waals surface area (Å²) in [6, 6.07) is 9.94. The van der Waals surface area contributed by atoms with Gasteiger partial charge in [-0.25, -0.2) is 9.19 Å². The van der Waals surface area contributed by atoms with E-state index in [1.165, 1.54) is 0 Å². The van der Waals surface area contributed by atoms with E-state index in [4.69, 9.17) is 4.74 Å². The topological polar surface area (TPSA) is 55.3 Å². The first-order valence-electron chi connectivity index (χ1n) is 6.32. The molecule has 1 unspecified atom stereocenters. The van der Waals surface area contributed by atoms with Gasteiger partial charge in [-0.3, -0.25) is 9.29 Å². The monoisotopic (exact) mass is 307 g/mol. The van der Waals surface area contributed by atoms with E-state index >= 15 is 0 Å². The molecule has 1 fully saturated rings. The Morgan fingerprint density at radius 3 is 2.48 bits per heavy atom. The van der Waals surface area contributed by atoms with E-state index in [9.17, 15) is 4.21 Å². The third-order valence-electron chi connectivity index (χ3n) is 2.72. The molecule has 2 heterocycles. The van der Waals surface area contributed by atoms with Crippen LogP contribution in [0.25, 0.3) is 0 Å². The standard InChI is InChI=1S/C9H11NOS.C5H6N2O.CH4/c11-12-8-4-7-10(12)9-5-2-1-3-6-9;1-8-5-4-6-2-3-7-5;/h1-3,5-6H,4,7-8H2;2-4H,1H3;1H4. The van der Waals surface area contributed by atoms with Crippen molar-refractivity contribution in [3.8, 4) is 5.88 Å². The number of nitrogens with zero attached hydrogens (tertiary/aromatic N) is 3. The Bertz CT molecular complexity index is 537. The van der Waals surface area contributed by atoms with Crippen molar-refractivity contribution in [1.82, 2.24) is 9.97 Å². The van der Waals surface area contributed by atoms with Gasteiger partial charge < -0.3 is 4.74 Å². The number of rotatable bonds is 2. The highest BCUT2D eigenvalue weighted by Crippen LogP contribution is 2.20. The lowest BCUT2D eigenvalue weighted by atomic mass is 10.3. The van der Waals surface area contributed by atoms with Gasteiger partial charge in [0.2, 0.25) is 5.88 Å². The molecule has 1 aromatic carbocycles. The van der Waals surface area contributed by atoms with Crippen LogP contribution in [0.15, 0.2) is 48.9 Å². The molecule has 1 aromatic heterocycles. The molecular formula is C15H21N3O2S. The summed E-state index contributed by atoms with van der Waals surface area (Å²) in [6.45, 7) is 0.927. The van der Waals surface area contributed by atoms with Gasteiger partial charge in [0.05, 0.1) is 13.3 Å². The third-order valence-corrected chi connectivity index (χ3v) is 4.24. The highest BCUT2D eigenvalue weighted by molar-refractivity contribution is 7.86. The lowest BCUT2D eigenvalue weighted by Gasteiger charge is -2.14. The molecule has 1 saturated heterocycles. The molecule has 3 rings (SSSR count). The zero-order valence-electron chi connectivity index (χ0n) is 11.3. The number of hydrogen-bond acceptors (Lipinski definition) is 4. The molecule has 1 atom stereocenters. The van der Waals surface area contributed by atoms with Gasteiger partial charge in [0.15, 0.2) is 0 Å². The minimum absolute atomic E-state index is 0. The summed E-state index contributed by atoms with van der Waals surface area (Å²) in [4.78, 5) is 7.58. The van der Waals surface area contributed by atoms with Crippen molar-refractivity contribution >= 4 is 16.7 Å². The Morgan fingerprint density at radius 1 is 1.24 bits per heavy atom. The van der Waals surface area contributed by atoms with Crippen LogP contribution in [0.3, 0.4) is 0 Å². The van der Waals surface area contributed by atoms with Gasteiger partial charge in [-0.15, -0.1) is 0 Å². The van der Waals surface area contributed by atoms with Gasteiger partial charge in [0.25, 0.3) is 0 Å². The van der Waals surface area contributed by atoms with E-state index in [0.717, 1.165) is 24.4 Å². The average molecular weight is 307 g/mol. The second-order valence-electron chi connectivity index (χ2n) is 4.06. The number of anilines is 1. The number of ether oxygens (including phenoxy) is 1. The lowest BCUT2D eigenvalue weighted by molar-refractivity contribution is 0.395. The summed E-state index contributed by atoms with van der Waals surface area (Å²) in [5, 5.41) is 0. The predicted molar refractivity (Wildman–Crippen MR) is 86.7 cm³/mol. The molecule has 0 N–H and O–H groups in total. The molecule has 2 aromatic rings. The van der Waals surface area contributed by atoms with Gasteiger partial charge in [-0.1, -0.05) is 25.6 Å². The second-order valence-corrected chi connectivity index (χ2v) is 5.56. The maximum Gasteiger partial charge on any atom is 0.231 e. The summed E-state index contributed by atoms with van der Waals surface area (Å²) in [6.07, 6.45) is 5.78. The molecule has 0 spiro atoms. The zero-order chi connectivity index (χ0) is 14.2. The van der Waals surface area contributed by atoms with E-state index < -0.39 is 11.0 Å². The zero-order valence-corrected chi connectivity index (χ0v) is 12.1. The van der Waals surface area contributed by atoms with Crippen molar-refractivity contribution in [3.05, 3.63) is 48.9 Å². The molecular weight excluding hydrogens is 286 g/mol. The van der Waals surface area contributed by atoms with Crippen LogP contribution in [0.4, 0.5) is 5.69 Å². The highest BCUT2D eigenvalue weighted by Gasteiger charge is 2.19. The van der Waals surface area contributed by atoms with Gasteiger partial charge >= 0.3 is 0 Å². The second kappa shape index (κ2) is 9.07. The van der Waals surface area contributed by atoms with E-state index in [0.29, 0.717) is 5.88 Å². The van der Waals surface area contributed by atoms with Crippen LogP contribution >= 0.6 is 0 Å². The molecule has 0 aliphatic carbocycles. The Hall–Kier alpha value is -1.95. The lowest BCUT2D eigenvalue weighted by Crippen LogP contribution is -2.18. The van der Waals surface area contributed by atoms with Crippen molar-refractivity contribution in [2.24, 2.45) is 0 Å². The van der Waals surface area contributed by atoms with Crippen molar-refractivity contribution in [1.29, 1.82) is 0 Å². The van der Waals surface area contributed by atoms with E-state index in [-0.39, 0.29) is 7.43 Å². The quantitative estimate of drug-likeness (QED) is 0.856. The van der Waals surface area contributed by atoms with Gasteiger partial charge in [-0.2, -0.15) is 0 Å². The van der Waals surface area contributed by atoms with Crippen LogP contribution in [0.1, 0.15) is 13.8 Å².